The topological polar surface area (TPSA) is 54.3 Å². The molecule has 0 unspecified atom stereocenters. The molecule has 3 aromatic rings. The molecule has 5 nitrogen and oxygen atoms in total. The Labute approximate surface area is 168 Å². The summed E-state index contributed by atoms with van der Waals surface area (Å²) in [5.41, 5.74) is 1.39. The van der Waals surface area contributed by atoms with Gasteiger partial charge in [-0.15, -0.1) is 12.4 Å². The van der Waals surface area contributed by atoms with E-state index in [0.717, 1.165) is 49.4 Å². The summed E-state index contributed by atoms with van der Waals surface area (Å²) in [7, 11) is -3.82. The van der Waals surface area contributed by atoms with Crippen LogP contribution in [0.5, 0.6) is 0 Å². The Balaban J connectivity index is 0.00000210. The van der Waals surface area contributed by atoms with Gasteiger partial charge in [-0.3, -0.25) is 0 Å². The summed E-state index contributed by atoms with van der Waals surface area (Å²) in [5, 5.41) is 4.67. The van der Waals surface area contributed by atoms with Crippen molar-refractivity contribution in [1.29, 1.82) is 0 Å². The molecule has 0 amide bonds. The molecule has 0 saturated carbocycles. The molecule has 0 aliphatic carbocycles. The summed E-state index contributed by atoms with van der Waals surface area (Å²) in [4.78, 5) is 2.20. The average Bonchev–Trinajstić information content (AvgIpc) is 3.07. The van der Waals surface area contributed by atoms with Crippen molar-refractivity contribution in [3.05, 3.63) is 59.5 Å². The first kappa shape index (κ1) is 19.9. The monoisotopic (exact) mass is 429 g/mol. The van der Waals surface area contributed by atoms with Gasteiger partial charge in [0.2, 0.25) is 0 Å². The van der Waals surface area contributed by atoms with Crippen LogP contribution in [0.25, 0.3) is 10.9 Å². The number of halogens is 3. The van der Waals surface area contributed by atoms with Crippen LogP contribution in [0.3, 0.4) is 0 Å². The predicted octanol–water partition coefficient (Wildman–Crippen LogP) is 3.50. The second kappa shape index (κ2) is 7.67. The van der Waals surface area contributed by atoms with Crippen molar-refractivity contribution >= 4 is 50.6 Å². The highest BCUT2D eigenvalue weighted by Crippen LogP contribution is 2.36. The predicted molar refractivity (Wildman–Crippen MR) is 108 cm³/mol. The van der Waals surface area contributed by atoms with Gasteiger partial charge in [0.1, 0.15) is 5.82 Å². The lowest BCUT2D eigenvalue weighted by Crippen LogP contribution is -2.43. The highest BCUT2D eigenvalue weighted by atomic mass is 35.5. The van der Waals surface area contributed by atoms with Gasteiger partial charge in [-0.05, 0) is 42.5 Å². The minimum Gasteiger partial charge on any atom is -0.367 e. The molecule has 1 aromatic heterocycles. The summed E-state index contributed by atoms with van der Waals surface area (Å²) in [6, 6.07) is 10.00. The van der Waals surface area contributed by atoms with E-state index in [0.29, 0.717) is 10.5 Å². The lowest BCUT2D eigenvalue weighted by molar-refractivity contribution is 0.587. The molecular weight excluding hydrogens is 412 g/mol. The van der Waals surface area contributed by atoms with Gasteiger partial charge < -0.3 is 10.2 Å². The van der Waals surface area contributed by atoms with E-state index in [4.69, 9.17) is 11.6 Å². The van der Waals surface area contributed by atoms with E-state index in [9.17, 15) is 12.8 Å². The lowest BCUT2D eigenvalue weighted by Gasteiger charge is -2.30. The average molecular weight is 430 g/mol. The third-order valence-corrected chi connectivity index (χ3v) is 6.57. The maximum absolute atomic E-state index is 13.1. The lowest BCUT2D eigenvalue weighted by atomic mass is 10.2. The minimum absolute atomic E-state index is 0. The molecule has 1 fully saturated rings. The second-order valence-electron chi connectivity index (χ2n) is 6.14. The number of nitrogens with zero attached hydrogens (tertiary/aromatic N) is 2. The number of piperazine rings is 1. The normalized spacial score (nSPS) is 15.0. The number of hydrogen-bond donors (Lipinski definition) is 1. The molecule has 144 valence electrons. The van der Waals surface area contributed by atoms with Crippen molar-refractivity contribution < 1.29 is 12.8 Å². The zero-order chi connectivity index (χ0) is 18.3. The van der Waals surface area contributed by atoms with Gasteiger partial charge >= 0.3 is 0 Å². The number of benzene rings is 2. The number of aromatic nitrogens is 1. The molecule has 0 atom stereocenters. The van der Waals surface area contributed by atoms with Crippen LogP contribution in [0.15, 0.2) is 53.6 Å². The van der Waals surface area contributed by atoms with Gasteiger partial charge in [-0.1, -0.05) is 11.6 Å². The molecular formula is C18H18Cl2FN3O2S. The van der Waals surface area contributed by atoms with Crippen LogP contribution in [0, 0.1) is 5.82 Å². The minimum atomic E-state index is -3.82. The van der Waals surface area contributed by atoms with E-state index in [1.54, 1.807) is 18.2 Å². The van der Waals surface area contributed by atoms with Crippen molar-refractivity contribution in [2.24, 2.45) is 0 Å². The molecule has 1 aliphatic rings. The standard InChI is InChI=1S/C18H17ClFN3O2S.ClH/c19-16-5-6-17-15(18(16)22-11-8-21-9-12-22)7-10-23(17)26(24,25)14-3-1-13(20)2-4-14;/h1-7,10,21H,8-9,11-12H2;1H. The van der Waals surface area contributed by atoms with Crippen LogP contribution in [0.2, 0.25) is 5.02 Å². The Morgan fingerprint density at radius 3 is 2.33 bits per heavy atom. The number of nitrogens with one attached hydrogen (secondary N) is 1. The Morgan fingerprint density at radius 1 is 1.00 bits per heavy atom. The van der Waals surface area contributed by atoms with Crippen LogP contribution in [-0.4, -0.2) is 38.6 Å². The molecule has 2 aromatic carbocycles. The maximum atomic E-state index is 13.1. The number of hydrogen-bond acceptors (Lipinski definition) is 4. The molecule has 2 heterocycles. The van der Waals surface area contributed by atoms with E-state index in [2.05, 4.69) is 10.2 Å². The van der Waals surface area contributed by atoms with Crippen molar-refractivity contribution in [3.63, 3.8) is 0 Å². The van der Waals surface area contributed by atoms with Crippen LogP contribution in [0.1, 0.15) is 0 Å². The van der Waals surface area contributed by atoms with Crippen LogP contribution in [0.4, 0.5) is 10.1 Å². The van der Waals surface area contributed by atoms with Gasteiger partial charge in [0.25, 0.3) is 10.0 Å². The van der Waals surface area contributed by atoms with Crippen molar-refractivity contribution in [3.8, 4) is 0 Å². The highest BCUT2D eigenvalue weighted by molar-refractivity contribution is 7.90. The van der Waals surface area contributed by atoms with Gasteiger partial charge in [-0.2, -0.15) is 0 Å². The third-order valence-electron chi connectivity index (χ3n) is 4.56. The zero-order valence-corrected chi connectivity index (χ0v) is 16.6. The summed E-state index contributed by atoms with van der Waals surface area (Å²) in [6.45, 7) is 3.30. The highest BCUT2D eigenvalue weighted by Gasteiger charge is 2.23. The first-order chi connectivity index (χ1) is 12.5. The molecule has 0 bridgehead atoms. The Morgan fingerprint density at radius 2 is 1.67 bits per heavy atom. The Kier molecular flexibility index (Phi) is 5.67. The van der Waals surface area contributed by atoms with Crippen molar-refractivity contribution in [1.82, 2.24) is 9.29 Å². The van der Waals surface area contributed by atoms with Crippen LogP contribution in [-0.2, 0) is 10.0 Å². The summed E-state index contributed by atoms with van der Waals surface area (Å²) in [6.07, 6.45) is 1.52. The molecule has 1 aliphatic heterocycles. The van der Waals surface area contributed by atoms with Crippen molar-refractivity contribution in [2.75, 3.05) is 31.1 Å². The largest absolute Gasteiger partial charge is 0.367 e. The smallest absolute Gasteiger partial charge is 0.268 e. The maximum Gasteiger partial charge on any atom is 0.268 e. The molecule has 0 spiro atoms. The first-order valence-electron chi connectivity index (χ1n) is 8.25. The van der Waals surface area contributed by atoms with Gasteiger partial charge in [0.15, 0.2) is 0 Å². The molecule has 9 heteroatoms. The van der Waals surface area contributed by atoms with Gasteiger partial charge in [-0.25, -0.2) is 16.8 Å². The number of rotatable bonds is 3. The van der Waals surface area contributed by atoms with Crippen molar-refractivity contribution in [2.45, 2.75) is 4.90 Å². The van der Waals surface area contributed by atoms with E-state index in [1.165, 1.54) is 22.3 Å². The quantitative estimate of drug-likeness (QED) is 0.691. The second-order valence-corrected chi connectivity index (χ2v) is 8.36. The summed E-state index contributed by atoms with van der Waals surface area (Å²) in [5.74, 6) is -0.478. The summed E-state index contributed by atoms with van der Waals surface area (Å²) < 4.78 is 40.3. The zero-order valence-electron chi connectivity index (χ0n) is 14.2. The molecule has 1 N–H and O–H groups in total. The van der Waals surface area contributed by atoms with E-state index >= 15 is 0 Å². The van der Waals surface area contributed by atoms with Gasteiger partial charge in [0, 0.05) is 37.8 Å². The number of fused-ring (bicyclic) bond motifs is 1. The molecule has 1 saturated heterocycles. The Hall–Kier alpha value is -1.80. The third kappa shape index (κ3) is 3.52. The summed E-state index contributed by atoms with van der Waals surface area (Å²) >= 11 is 6.43. The fraction of sp³-hybridized carbons (Fsp3) is 0.222. The SMILES string of the molecule is Cl.O=S(=O)(c1ccc(F)cc1)n1ccc2c(N3CCNCC3)c(Cl)ccc21. The molecule has 27 heavy (non-hydrogen) atoms. The van der Waals surface area contributed by atoms with Gasteiger partial charge in [0.05, 0.1) is 21.1 Å². The number of anilines is 1. The Bertz CT molecular complexity index is 1060. The molecule has 4 rings (SSSR count). The van der Waals surface area contributed by atoms with E-state index in [1.807, 2.05) is 0 Å². The van der Waals surface area contributed by atoms with Crippen LogP contribution < -0.4 is 10.2 Å². The fourth-order valence-electron chi connectivity index (χ4n) is 3.29. The first-order valence-corrected chi connectivity index (χ1v) is 10.1. The van der Waals surface area contributed by atoms with Crippen LogP contribution >= 0.6 is 24.0 Å². The van der Waals surface area contributed by atoms with E-state index in [-0.39, 0.29) is 17.3 Å². The molecule has 0 radical (unpaired) electrons. The fourth-order valence-corrected chi connectivity index (χ4v) is 4.92. The van der Waals surface area contributed by atoms with E-state index < -0.39 is 15.8 Å².